The van der Waals surface area contributed by atoms with Crippen molar-refractivity contribution in [1.82, 2.24) is 65.6 Å². The van der Waals surface area contributed by atoms with Crippen LogP contribution in [0.5, 0.6) is 17.2 Å². The van der Waals surface area contributed by atoms with Crippen LogP contribution >= 0.6 is 0 Å². The first-order chi connectivity index (χ1) is 60.6. The van der Waals surface area contributed by atoms with Crippen LogP contribution in [0.2, 0.25) is 0 Å². The molecular formula is C87H91FN16O24. The highest BCUT2D eigenvalue weighted by atomic mass is 19.1. The zero-order chi connectivity index (χ0) is 91.9. The normalized spacial score (nSPS) is 20.3. The molecule has 670 valence electrons. The number of aliphatic hydroxyl groups is 1. The Morgan fingerprint density at radius 1 is 0.516 bits per heavy atom. The van der Waals surface area contributed by atoms with E-state index in [9.17, 15) is 72.2 Å². The zero-order valence-electron chi connectivity index (χ0n) is 71.7. The monoisotopic (exact) mass is 1760 g/mol. The molecule has 0 radical (unpaired) electrons. The summed E-state index contributed by atoms with van der Waals surface area (Å²) in [5.74, 6) is -5.34. The summed E-state index contributed by atoms with van der Waals surface area (Å²) in [6.45, 7) is 14.3. The van der Waals surface area contributed by atoms with Crippen LogP contribution in [0.4, 0.5) is 35.2 Å². The van der Waals surface area contributed by atoms with Crippen molar-refractivity contribution in [3.8, 4) is 17.2 Å². The van der Waals surface area contributed by atoms with E-state index in [1.807, 2.05) is 4.90 Å². The summed E-state index contributed by atoms with van der Waals surface area (Å²) in [6.07, 6.45) is 2.17. The van der Waals surface area contributed by atoms with E-state index in [0.717, 1.165) is 27.3 Å². The smallest absolute Gasteiger partial charge is 0.328 e. The van der Waals surface area contributed by atoms with Gasteiger partial charge < -0.3 is 93.4 Å². The Morgan fingerprint density at radius 2 is 0.945 bits per heavy atom. The van der Waals surface area contributed by atoms with Crippen molar-refractivity contribution >= 4 is 128 Å². The van der Waals surface area contributed by atoms with Crippen LogP contribution in [0.1, 0.15) is 151 Å². The molecule has 5 saturated heterocycles. The highest BCUT2D eigenvalue weighted by Gasteiger charge is 2.61. The molecule has 0 saturated carbocycles. The third kappa shape index (κ3) is 16.3. The number of hydrogen-bond acceptors (Lipinski definition) is 28. The first-order valence-corrected chi connectivity index (χ1v) is 40.6. The molecule has 7 N–H and O–H groups in total. The van der Waals surface area contributed by atoms with Crippen molar-refractivity contribution in [2.45, 2.75) is 118 Å². The van der Waals surface area contributed by atoms with Crippen molar-refractivity contribution in [2.75, 3.05) is 97.1 Å². The first-order valence-electron chi connectivity index (χ1n) is 40.6. The number of furan rings is 3. The summed E-state index contributed by atoms with van der Waals surface area (Å²) < 4.78 is 64.6. The molecule has 9 aromatic rings. The van der Waals surface area contributed by atoms with Crippen LogP contribution in [0.25, 0.3) is 33.3 Å². The number of primary amides is 1. The molecule has 15 amide bonds. The highest BCUT2D eigenvalue weighted by molar-refractivity contribution is 6.11. The van der Waals surface area contributed by atoms with Gasteiger partial charge in [0.25, 0.3) is 35.4 Å². The number of nitrogens with two attached hydrogens (primary N) is 1. The Labute approximate surface area is 728 Å². The fourth-order valence-corrected chi connectivity index (χ4v) is 15.7. The number of ether oxygens (including phenoxy) is 6. The molecule has 0 bridgehead atoms. The number of aromatic nitrogens is 3. The van der Waals surface area contributed by atoms with E-state index in [1.165, 1.54) is 77.5 Å². The molecule has 14 heterocycles. The molecule has 41 heteroatoms. The zero-order valence-corrected chi connectivity index (χ0v) is 71.7. The lowest BCUT2D eigenvalue weighted by atomic mass is 9.95. The second-order valence-electron chi connectivity index (χ2n) is 34.8. The molecule has 0 spiro atoms. The predicted molar refractivity (Wildman–Crippen MR) is 444 cm³/mol. The molecule has 0 aliphatic carbocycles. The Kier molecular flexibility index (Phi) is 22.9. The van der Waals surface area contributed by atoms with Gasteiger partial charge in [0.1, 0.15) is 57.0 Å². The number of carbonyl (C=O) groups excluding carboxylic acids is 14. The number of imide groups is 3. The minimum Gasteiger partial charge on any atom is -0.497 e. The lowest BCUT2D eigenvalue weighted by Crippen LogP contribution is -2.52. The predicted octanol–water partition coefficient (Wildman–Crippen LogP) is 7.09. The number of urea groups is 4. The summed E-state index contributed by atoms with van der Waals surface area (Å²) >= 11 is 0. The van der Waals surface area contributed by atoms with Gasteiger partial charge in [-0.2, -0.15) is 0 Å². The maximum atomic E-state index is 15.0. The lowest BCUT2D eigenvalue weighted by Gasteiger charge is -2.29. The van der Waals surface area contributed by atoms with Gasteiger partial charge in [0, 0.05) is 81.3 Å². The van der Waals surface area contributed by atoms with Crippen molar-refractivity contribution in [1.29, 1.82) is 0 Å². The van der Waals surface area contributed by atoms with Crippen LogP contribution in [0.3, 0.4) is 0 Å². The molecule has 128 heavy (non-hydrogen) atoms. The van der Waals surface area contributed by atoms with E-state index in [2.05, 4.69) is 36.2 Å². The molecule has 6 aromatic heterocycles. The molecule has 5 fully saturated rings. The van der Waals surface area contributed by atoms with Gasteiger partial charge >= 0.3 is 42.0 Å². The number of halogens is 1. The molecule has 8 aliphatic rings. The number of β-amino-alcohol motifs (C(OH)–C–C–N with tert-alkyl or cyclic N) is 1. The maximum Gasteiger partial charge on any atom is 0.328 e. The minimum absolute atomic E-state index is 0.0320. The standard InChI is InChI=1S/C30H32N6O8.C30H33N5O8.C27H26FN5O8/c1-29(2,3)26(39)43-16-36-25(38)30(33-28(36)41,15-34-14-17-6-7-18(42-4)12-19(17)24(34)37)22-13-20-21(44-22)8-9-23(32-20)35-11-5-10-31-27(35)40;1-29(2,3)27(39)42-16-35-26(38)30(32-28(35)40,15-34-13-17-5-6-19(41-4)11-20(17)25(34)37)23-12-21-22(43-23)7-8-24(31-21)33-10-9-18(36)14-33;1-26(2,3)24(37)40-12-33-23(36)27(31-25(33)38,18-8-15-17(41-18)7-14(9-30-15)21(29)34)11-32-10-13-5-6-16(39-4)20(28)19(13)22(32)35/h6-9,12-13H,5,10-11,14-16H2,1-4H3,(H,31,40)(H,33,41);5-8,11-12,18,36H,9-10,13-16H2,1-4H3,(H,32,40);5-9H,10-12H2,1-4H3,(H2,29,34)(H,31,38)/t30-;18-,30+;27-/m010/s1. The largest absolute Gasteiger partial charge is 0.497 e. The van der Waals surface area contributed by atoms with E-state index >= 15 is 4.39 Å². The number of methoxy groups -OCH3 is 3. The number of hydrogen-bond donors (Lipinski definition) is 6. The van der Waals surface area contributed by atoms with Gasteiger partial charge in [-0.15, -0.1) is 0 Å². The SMILES string of the molecule is COc1ccc2c(c1)C(=O)N(C[C@@]1(c3cc4nc(N5CCCNC5=O)ccc4o3)NC(=O)N(COC(=O)C(C)(C)C)C1=O)C2.COc1ccc2c(c1)C(=O)N(C[C@@]1(c3cc4nc(N5CC[C@@H](O)C5)ccc4o3)NC(=O)N(COC(=O)C(C)(C)C)C1=O)C2.COc1ccc2c(c1F)C(=O)N(C[C@@]1(c3cc4ncc(C(N)=O)cc4o3)NC(=O)N(COC(=O)C(C)(C)C)C1=O)C2. The van der Waals surface area contributed by atoms with Gasteiger partial charge in [-0.3, -0.25) is 57.8 Å². The molecule has 17 rings (SSSR count). The summed E-state index contributed by atoms with van der Waals surface area (Å²) in [4.78, 5) is 207. The van der Waals surface area contributed by atoms with Crippen molar-refractivity contribution in [3.05, 3.63) is 165 Å². The van der Waals surface area contributed by atoms with Crippen LogP contribution in [0, 0.1) is 22.1 Å². The van der Waals surface area contributed by atoms with Gasteiger partial charge in [-0.05, 0) is 153 Å². The van der Waals surface area contributed by atoms with Crippen LogP contribution < -0.4 is 51.0 Å². The van der Waals surface area contributed by atoms with E-state index in [0.29, 0.717) is 99.5 Å². The maximum absolute atomic E-state index is 15.0. The minimum atomic E-state index is -2.02. The number of fused-ring (bicyclic) bond motifs is 6. The molecule has 40 nitrogen and oxygen atoms in total. The Bertz CT molecular complexity index is 6160. The molecule has 3 aromatic carbocycles. The fraction of sp³-hybridized carbons (Fsp3) is 0.391. The van der Waals surface area contributed by atoms with Crippen molar-refractivity contribution in [2.24, 2.45) is 22.0 Å². The third-order valence-corrected chi connectivity index (χ3v) is 22.8. The van der Waals surface area contributed by atoms with Crippen molar-refractivity contribution in [3.63, 3.8) is 0 Å². The van der Waals surface area contributed by atoms with Gasteiger partial charge in [-0.1, -0.05) is 18.2 Å². The number of anilines is 2. The Balaban J connectivity index is 0.000000148. The molecule has 8 aliphatic heterocycles. The van der Waals surface area contributed by atoms with Crippen LogP contribution in [-0.4, -0.2) is 226 Å². The van der Waals surface area contributed by atoms with Crippen molar-refractivity contribution < 1.29 is 118 Å². The van der Waals surface area contributed by atoms with Gasteiger partial charge in [-0.25, -0.2) is 48.2 Å². The topological polar surface area (TPSA) is 493 Å². The number of carbonyl (C=O) groups is 14. The molecule has 4 atom stereocenters. The third-order valence-electron chi connectivity index (χ3n) is 22.8. The average Bonchev–Trinajstić information content (AvgIpc) is 1.58. The van der Waals surface area contributed by atoms with Crippen LogP contribution in [-0.2, 0) is 79.2 Å². The number of esters is 3. The van der Waals surface area contributed by atoms with E-state index in [-0.39, 0.29) is 95.8 Å². The summed E-state index contributed by atoms with van der Waals surface area (Å²) in [5.41, 5.74) is 1.31. The first kappa shape index (κ1) is 88.1. The number of nitrogens with zero attached hydrogens (tertiary/aromatic N) is 11. The van der Waals surface area contributed by atoms with E-state index in [1.54, 1.807) is 129 Å². The second-order valence-corrected chi connectivity index (χ2v) is 34.8. The Hall–Kier alpha value is -14.8. The number of benzene rings is 3. The van der Waals surface area contributed by atoms with Gasteiger partial charge in [0.05, 0.1) is 74.4 Å². The molecule has 0 unspecified atom stereocenters. The molecular weight excluding hydrogens is 1670 g/mol. The average molecular weight is 1760 g/mol. The number of pyridine rings is 3. The van der Waals surface area contributed by atoms with Crippen LogP contribution in [0.15, 0.2) is 117 Å². The summed E-state index contributed by atoms with van der Waals surface area (Å²) in [7, 11) is 4.28. The lowest BCUT2D eigenvalue weighted by molar-refractivity contribution is -0.160. The number of amides is 15. The quantitative estimate of drug-likeness (QED) is 0.0237. The van der Waals surface area contributed by atoms with E-state index in [4.69, 9.17) is 47.4 Å². The number of rotatable bonds is 21. The second kappa shape index (κ2) is 33.3. The highest BCUT2D eigenvalue weighted by Crippen LogP contribution is 2.43. The van der Waals surface area contributed by atoms with E-state index < -0.39 is 137 Å². The summed E-state index contributed by atoms with van der Waals surface area (Å²) in [5, 5.41) is 20.8. The van der Waals surface area contributed by atoms with Gasteiger partial charge in [0.15, 0.2) is 65.1 Å². The number of aliphatic hydroxyl groups excluding tert-OH is 1. The van der Waals surface area contributed by atoms with Gasteiger partial charge in [0.2, 0.25) is 5.91 Å². The fourth-order valence-electron chi connectivity index (χ4n) is 15.7. The Morgan fingerprint density at radius 3 is 1.38 bits per heavy atom. The number of nitrogens with one attached hydrogen (secondary N) is 4. The summed E-state index contributed by atoms with van der Waals surface area (Å²) in [6, 6.07) is 23.0.